The Labute approximate surface area is 176 Å². The second-order valence-electron chi connectivity index (χ2n) is 6.67. The zero-order valence-corrected chi connectivity index (χ0v) is 16.8. The highest BCUT2D eigenvalue weighted by atomic mass is 35.5. The first-order valence-electron chi connectivity index (χ1n) is 8.90. The van der Waals surface area contributed by atoms with Crippen molar-refractivity contribution in [3.63, 3.8) is 0 Å². The first-order chi connectivity index (χ1) is 13.9. The van der Waals surface area contributed by atoms with Crippen LogP contribution in [0.5, 0.6) is 5.75 Å². The smallest absolute Gasteiger partial charge is 0.360 e. The summed E-state index contributed by atoms with van der Waals surface area (Å²) in [4.78, 5) is 30.4. The molecule has 4 aromatic rings. The van der Waals surface area contributed by atoms with Crippen LogP contribution in [0.15, 0.2) is 65.6 Å². The molecule has 0 amide bonds. The van der Waals surface area contributed by atoms with Crippen molar-refractivity contribution in [3.8, 4) is 5.75 Å². The molecule has 0 bridgehead atoms. The quantitative estimate of drug-likeness (QED) is 0.421. The number of benzene rings is 2. The molecule has 1 atom stereocenters. The van der Waals surface area contributed by atoms with Gasteiger partial charge in [-0.3, -0.25) is 4.79 Å². The molecule has 2 aromatic heterocycles. The molecule has 4 rings (SSSR count). The van der Waals surface area contributed by atoms with E-state index in [0.717, 1.165) is 11.1 Å². The van der Waals surface area contributed by atoms with Gasteiger partial charge in [0.1, 0.15) is 5.69 Å². The number of esters is 1. The number of fused-ring (bicyclic) bond motifs is 1. The number of aromatic nitrogens is 2. The number of rotatable bonds is 4. The van der Waals surface area contributed by atoms with Crippen molar-refractivity contribution in [2.45, 2.75) is 12.8 Å². The van der Waals surface area contributed by atoms with Crippen LogP contribution in [0.25, 0.3) is 10.9 Å². The summed E-state index contributed by atoms with van der Waals surface area (Å²) < 4.78 is 5.32. The summed E-state index contributed by atoms with van der Waals surface area (Å²) in [6, 6.07) is 15.9. The molecule has 29 heavy (non-hydrogen) atoms. The average molecular weight is 427 g/mol. The van der Waals surface area contributed by atoms with Crippen LogP contribution >= 0.6 is 23.2 Å². The zero-order chi connectivity index (χ0) is 20.5. The van der Waals surface area contributed by atoms with E-state index in [1.165, 1.54) is 6.07 Å². The third-order valence-electron chi connectivity index (χ3n) is 4.80. The summed E-state index contributed by atoms with van der Waals surface area (Å²) in [5.41, 5.74) is 2.29. The van der Waals surface area contributed by atoms with Gasteiger partial charge in [-0.25, -0.2) is 4.79 Å². The number of pyridine rings is 1. The van der Waals surface area contributed by atoms with Crippen molar-refractivity contribution in [2.75, 3.05) is 0 Å². The molecule has 0 fully saturated rings. The van der Waals surface area contributed by atoms with Crippen molar-refractivity contribution >= 4 is 40.1 Å². The van der Waals surface area contributed by atoms with E-state index < -0.39 is 11.5 Å². The summed E-state index contributed by atoms with van der Waals surface area (Å²) in [5.74, 6) is -0.720. The van der Waals surface area contributed by atoms with Gasteiger partial charge in [-0.05, 0) is 47.5 Å². The Morgan fingerprint density at radius 1 is 1.03 bits per heavy atom. The largest absolute Gasteiger partial charge is 0.416 e. The fourth-order valence-electron chi connectivity index (χ4n) is 3.13. The van der Waals surface area contributed by atoms with Crippen LogP contribution in [0.3, 0.4) is 0 Å². The van der Waals surface area contributed by atoms with E-state index in [9.17, 15) is 9.59 Å². The van der Waals surface area contributed by atoms with Gasteiger partial charge in [0.15, 0.2) is 5.75 Å². The van der Waals surface area contributed by atoms with E-state index >= 15 is 0 Å². The molecule has 5 nitrogen and oxygen atoms in total. The number of aromatic amines is 2. The summed E-state index contributed by atoms with van der Waals surface area (Å²) >= 11 is 12.1. The number of carbonyl (C=O) groups is 1. The number of hydrogen-bond donors (Lipinski definition) is 2. The minimum Gasteiger partial charge on any atom is -0.416 e. The number of carbonyl (C=O) groups excluding carboxylic acids is 1. The van der Waals surface area contributed by atoms with Crippen LogP contribution in [-0.4, -0.2) is 15.9 Å². The van der Waals surface area contributed by atoms with Crippen molar-refractivity contribution in [2.24, 2.45) is 0 Å². The van der Waals surface area contributed by atoms with Gasteiger partial charge in [-0.1, -0.05) is 48.3 Å². The van der Waals surface area contributed by atoms with Gasteiger partial charge >= 0.3 is 5.97 Å². The Hall–Kier alpha value is -3.02. The molecule has 0 saturated carbocycles. The van der Waals surface area contributed by atoms with Gasteiger partial charge in [0.2, 0.25) is 0 Å². The molecule has 0 aliphatic rings. The first-order valence-corrected chi connectivity index (χ1v) is 9.65. The van der Waals surface area contributed by atoms with Gasteiger partial charge in [-0.2, -0.15) is 0 Å². The normalized spacial score (nSPS) is 12.1. The van der Waals surface area contributed by atoms with Crippen LogP contribution in [0.2, 0.25) is 10.0 Å². The minimum absolute atomic E-state index is 0.0490. The zero-order valence-electron chi connectivity index (χ0n) is 15.3. The molecule has 7 heteroatoms. The fraction of sp³-hybridized carbons (Fsp3) is 0.0909. The predicted molar refractivity (Wildman–Crippen MR) is 114 cm³/mol. The van der Waals surface area contributed by atoms with Crippen molar-refractivity contribution < 1.29 is 9.53 Å². The molecule has 0 aliphatic heterocycles. The maximum Gasteiger partial charge on any atom is 0.360 e. The van der Waals surface area contributed by atoms with Gasteiger partial charge in [-0.15, -0.1) is 0 Å². The predicted octanol–water partition coefficient (Wildman–Crippen LogP) is 5.53. The molecule has 146 valence electrons. The van der Waals surface area contributed by atoms with E-state index in [4.69, 9.17) is 27.9 Å². The SMILES string of the molecule is CC(c1ccc(Cl)cc1)c1c[nH]c(C(=O)Oc2cc3c(Cl)cccc3[nH]c2=O)c1. The second-order valence-corrected chi connectivity index (χ2v) is 7.52. The Bertz CT molecular complexity index is 1260. The van der Waals surface area contributed by atoms with E-state index in [1.807, 2.05) is 31.2 Å². The standard InChI is InChI=1S/C22H16Cl2N2O3/c1-12(13-5-7-15(23)8-6-13)14-9-19(25-11-14)22(28)29-20-10-16-17(24)3-2-4-18(16)26-21(20)27/h2-12,25H,1H3,(H,26,27). The molecule has 2 N–H and O–H groups in total. The molecule has 0 spiro atoms. The van der Waals surface area contributed by atoms with Crippen LogP contribution in [-0.2, 0) is 0 Å². The topological polar surface area (TPSA) is 75.0 Å². The van der Waals surface area contributed by atoms with Crippen molar-refractivity contribution in [1.82, 2.24) is 9.97 Å². The van der Waals surface area contributed by atoms with Crippen LogP contribution in [0.4, 0.5) is 0 Å². The third-order valence-corrected chi connectivity index (χ3v) is 5.38. The van der Waals surface area contributed by atoms with Crippen molar-refractivity contribution in [3.05, 3.63) is 98.0 Å². The number of hydrogen-bond acceptors (Lipinski definition) is 3. The van der Waals surface area contributed by atoms with Crippen LogP contribution in [0, 0.1) is 0 Å². The number of ether oxygens (including phenoxy) is 1. The van der Waals surface area contributed by atoms with E-state index in [0.29, 0.717) is 20.9 Å². The molecular weight excluding hydrogens is 411 g/mol. The second kappa shape index (κ2) is 7.78. The Kier molecular flexibility index (Phi) is 5.18. The molecule has 2 heterocycles. The molecular formula is C22H16Cl2N2O3. The van der Waals surface area contributed by atoms with Gasteiger partial charge in [0.05, 0.1) is 10.5 Å². The van der Waals surface area contributed by atoms with Crippen LogP contribution in [0.1, 0.15) is 34.5 Å². The van der Waals surface area contributed by atoms with Gasteiger partial charge in [0.25, 0.3) is 5.56 Å². The number of halogens is 2. The lowest BCUT2D eigenvalue weighted by Gasteiger charge is -2.09. The Morgan fingerprint density at radius 2 is 1.79 bits per heavy atom. The number of H-pyrrole nitrogens is 2. The third kappa shape index (κ3) is 3.92. The summed E-state index contributed by atoms with van der Waals surface area (Å²) in [7, 11) is 0. The van der Waals surface area contributed by atoms with Crippen molar-refractivity contribution in [1.29, 1.82) is 0 Å². The van der Waals surface area contributed by atoms with E-state index in [-0.39, 0.29) is 17.4 Å². The highest BCUT2D eigenvalue weighted by Gasteiger charge is 2.17. The molecule has 0 aliphatic carbocycles. The van der Waals surface area contributed by atoms with E-state index in [1.54, 1.807) is 30.5 Å². The molecule has 1 unspecified atom stereocenters. The van der Waals surface area contributed by atoms with Crippen LogP contribution < -0.4 is 10.3 Å². The summed E-state index contributed by atoms with van der Waals surface area (Å²) in [6.07, 6.45) is 1.75. The summed E-state index contributed by atoms with van der Waals surface area (Å²) in [6.45, 7) is 2.03. The lowest BCUT2D eigenvalue weighted by atomic mass is 9.95. The lowest BCUT2D eigenvalue weighted by molar-refractivity contribution is 0.0727. The first kappa shape index (κ1) is 19.3. The minimum atomic E-state index is -0.656. The highest BCUT2D eigenvalue weighted by molar-refractivity contribution is 6.35. The maximum atomic E-state index is 12.5. The Morgan fingerprint density at radius 3 is 2.55 bits per heavy atom. The monoisotopic (exact) mass is 426 g/mol. The van der Waals surface area contributed by atoms with Gasteiger partial charge in [0, 0.05) is 22.5 Å². The highest BCUT2D eigenvalue weighted by Crippen LogP contribution is 2.27. The Balaban J connectivity index is 1.57. The maximum absolute atomic E-state index is 12.5. The van der Waals surface area contributed by atoms with Gasteiger partial charge < -0.3 is 14.7 Å². The lowest BCUT2D eigenvalue weighted by Crippen LogP contribution is -2.16. The molecule has 0 saturated heterocycles. The fourth-order valence-corrected chi connectivity index (χ4v) is 3.48. The number of nitrogens with one attached hydrogen (secondary N) is 2. The average Bonchev–Trinajstić information content (AvgIpc) is 3.20. The molecule has 0 radical (unpaired) electrons. The molecule has 2 aromatic carbocycles. The summed E-state index contributed by atoms with van der Waals surface area (Å²) in [5, 5.41) is 1.72. The van der Waals surface area contributed by atoms with E-state index in [2.05, 4.69) is 9.97 Å².